The molecule has 7 heteroatoms. The zero-order valence-electron chi connectivity index (χ0n) is 9.89. The predicted octanol–water partition coefficient (Wildman–Crippen LogP) is -0.0404. The number of nitrogens with one attached hydrogen (secondary N) is 1. The zero-order valence-corrected chi connectivity index (χ0v) is 9.89. The monoisotopic (exact) mass is 238 g/mol. The first kappa shape index (κ1) is 11.9. The highest BCUT2D eigenvalue weighted by molar-refractivity contribution is 5.51. The van der Waals surface area contributed by atoms with Crippen molar-refractivity contribution in [1.29, 1.82) is 0 Å². The summed E-state index contributed by atoms with van der Waals surface area (Å²) in [5.74, 6) is 6.76. The standard InChI is InChI=1S/C10H18N6O/c1-16(6-7-3-2-4-17-7)9-5-8(15-12)13-10(11)14-9/h5,7H,2-4,6,12H2,1H3,(H3,11,13,14,15). The maximum atomic E-state index is 5.61. The molecule has 0 aliphatic carbocycles. The van der Waals surface area contributed by atoms with Crippen molar-refractivity contribution in [2.45, 2.75) is 18.9 Å². The van der Waals surface area contributed by atoms with Crippen LogP contribution < -0.4 is 21.9 Å². The van der Waals surface area contributed by atoms with Gasteiger partial charge in [0, 0.05) is 26.3 Å². The fourth-order valence-electron chi connectivity index (χ4n) is 1.91. The maximum absolute atomic E-state index is 5.61. The Hall–Kier alpha value is -1.60. The number of nitrogens with two attached hydrogens (primary N) is 2. The summed E-state index contributed by atoms with van der Waals surface area (Å²) in [6.07, 6.45) is 2.48. The number of hydrogen-bond donors (Lipinski definition) is 3. The second kappa shape index (κ2) is 5.15. The molecular formula is C10H18N6O. The first-order valence-corrected chi connectivity index (χ1v) is 5.63. The average molecular weight is 238 g/mol. The molecule has 17 heavy (non-hydrogen) atoms. The average Bonchev–Trinajstić information content (AvgIpc) is 2.81. The molecule has 1 aliphatic rings. The smallest absolute Gasteiger partial charge is 0.223 e. The predicted molar refractivity (Wildman–Crippen MR) is 66.5 cm³/mol. The van der Waals surface area contributed by atoms with Gasteiger partial charge in [-0.1, -0.05) is 0 Å². The van der Waals surface area contributed by atoms with E-state index in [9.17, 15) is 0 Å². The van der Waals surface area contributed by atoms with E-state index in [1.54, 1.807) is 6.07 Å². The Morgan fingerprint density at radius 2 is 2.41 bits per heavy atom. The van der Waals surface area contributed by atoms with Crippen molar-refractivity contribution < 1.29 is 4.74 Å². The molecule has 5 N–H and O–H groups in total. The second-order valence-electron chi connectivity index (χ2n) is 4.13. The van der Waals surface area contributed by atoms with Gasteiger partial charge in [0.05, 0.1) is 6.10 Å². The van der Waals surface area contributed by atoms with Gasteiger partial charge < -0.3 is 20.8 Å². The van der Waals surface area contributed by atoms with Gasteiger partial charge in [-0.05, 0) is 12.8 Å². The molecule has 1 aliphatic heterocycles. The number of hydrogen-bond acceptors (Lipinski definition) is 7. The Morgan fingerprint density at radius 3 is 3.06 bits per heavy atom. The summed E-state index contributed by atoms with van der Waals surface area (Å²) in [6.45, 7) is 1.64. The van der Waals surface area contributed by atoms with Crippen LogP contribution in [0.3, 0.4) is 0 Å². The largest absolute Gasteiger partial charge is 0.376 e. The molecule has 2 rings (SSSR count). The van der Waals surface area contributed by atoms with Crippen LogP contribution in [0.25, 0.3) is 0 Å². The third-order valence-electron chi connectivity index (χ3n) is 2.77. The van der Waals surface area contributed by atoms with Crippen LogP contribution in [0, 0.1) is 0 Å². The fraction of sp³-hybridized carbons (Fsp3) is 0.600. The summed E-state index contributed by atoms with van der Waals surface area (Å²) >= 11 is 0. The molecule has 0 spiro atoms. The van der Waals surface area contributed by atoms with E-state index in [0.717, 1.165) is 31.8 Å². The number of anilines is 3. The second-order valence-corrected chi connectivity index (χ2v) is 4.13. The van der Waals surface area contributed by atoms with E-state index in [-0.39, 0.29) is 12.1 Å². The zero-order chi connectivity index (χ0) is 12.3. The normalized spacial score (nSPS) is 19.3. The SMILES string of the molecule is CN(CC1CCCO1)c1cc(NN)nc(N)n1. The molecule has 0 radical (unpaired) electrons. The minimum Gasteiger partial charge on any atom is -0.376 e. The molecule has 1 saturated heterocycles. The quantitative estimate of drug-likeness (QED) is 0.499. The molecule has 1 atom stereocenters. The van der Waals surface area contributed by atoms with Crippen molar-refractivity contribution >= 4 is 17.6 Å². The summed E-state index contributed by atoms with van der Waals surface area (Å²) in [5, 5.41) is 0. The van der Waals surface area contributed by atoms with Crippen molar-refractivity contribution in [2.24, 2.45) is 5.84 Å². The van der Waals surface area contributed by atoms with Gasteiger partial charge in [0.2, 0.25) is 5.95 Å². The van der Waals surface area contributed by atoms with E-state index >= 15 is 0 Å². The fourth-order valence-corrected chi connectivity index (χ4v) is 1.91. The number of hydrazine groups is 1. The molecule has 7 nitrogen and oxygen atoms in total. The molecule has 1 aromatic rings. The lowest BCUT2D eigenvalue weighted by atomic mass is 10.2. The van der Waals surface area contributed by atoms with Crippen LogP contribution in [0.5, 0.6) is 0 Å². The van der Waals surface area contributed by atoms with Gasteiger partial charge in [-0.15, -0.1) is 0 Å². The van der Waals surface area contributed by atoms with E-state index in [0.29, 0.717) is 5.82 Å². The van der Waals surface area contributed by atoms with Crippen molar-refractivity contribution in [1.82, 2.24) is 9.97 Å². The van der Waals surface area contributed by atoms with E-state index in [1.165, 1.54) is 0 Å². The lowest BCUT2D eigenvalue weighted by Crippen LogP contribution is -2.29. The third kappa shape index (κ3) is 2.95. The highest BCUT2D eigenvalue weighted by atomic mass is 16.5. The van der Waals surface area contributed by atoms with Crippen molar-refractivity contribution in [3.63, 3.8) is 0 Å². The highest BCUT2D eigenvalue weighted by Gasteiger charge is 2.18. The summed E-state index contributed by atoms with van der Waals surface area (Å²) in [4.78, 5) is 10.1. The van der Waals surface area contributed by atoms with E-state index < -0.39 is 0 Å². The molecule has 0 bridgehead atoms. The van der Waals surface area contributed by atoms with Crippen molar-refractivity contribution in [3.8, 4) is 0 Å². The van der Waals surface area contributed by atoms with Crippen LogP contribution in [0.4, 0.5) is 17.6 Å². The highest BCUT2D eigenvalue weighted by Crippen LogP contribution is 2.18. The van der Waals surface area contributed by atoms with Crippen LogP contribution in [0.15, 0.2) is 6.07 Å². The molecule has 0 amide bonds. The first-order valence-electron chi connectivity index (χ1n) is 5.63. The van der Waals surface area contributed by atoms with Crippen molar-refractivity contribution in [3.05, 3.63) is 6.07 Å². The number of nitrogens with zero attached hydrogens (tertiary/aromatic N) is 3. The first-order chi connectivity index (χ1) is 8.19. The Labute approximate surface area is 100 Å². The molecular weight excluding hydrogens is 220 g/mol. The summed E-state index contributed by atoms with van der Waals surface area (Å²) in [6, 6.07) is 1.76. The molecule has 2 heterocycles. The summed E-state index contributed by atoms with van der Waals surface area (Å²) in [5.41, 5.74) is 8.07. The molecule has 0 aromatic carbocycles. The number of rotatable bonds is 4. The van der Waals surface area contributed by atoms with Gasteiger partial charge >= 0.3 is 0 Å². The van der Waals surface area contributed by atoms with Crippen LogP contribution in [0.1, 0.15) is 12.8 Å². The summed E-state index contributed by atoms with van der Waals surface area (Å²) < 4.78 is 5.58. The number of likely N-dealkylation sites (N-methyl/N-ethyl adjacent to an activating group) is 1. The molecule has 94 valence electrons. The van der Waals surface area contributed by atoms with Gasteiger partial charge in [-0.25, -0.2) is 5.84 Å². The maximum Gasteiger partial charge on any atom is 0.223 e. The molecule has 0 saturated carbocycles. The Balaban J connectivity index is 2.06. The van der Waals surface area contributed by atoms with E-state index in [1.807, 2.05) is 11.9 Å². The van der Waals surface area contributed by atoms with Crippen LogP contribution in [0.2, 0.25) is 0 Å². The Kier molecular flexibility index (Phi) is 3.60. The number of ether oxygens (including phenoxy) is 1. The Morgan fingerprint density at radius 1 is 1.59 bits per heavy atom. The minimum atomic E-state index is 0.203. The van der Waals surface area contributed by atoms with Crippen LogP contribution in [-0.4, -0.2) is 36.3 Å². The van der Waals surface area contributed by atoms with Crippen LogP contribution >= 0.6 is 0 Å². The van der Waals surface area contributed by atoms with Gasteiger partial charge in [0.15, 0.2) is 0 Å². The van der Waals surface area contributed by atoms with Gasteiger partial charge in [-0.2, -0.15) is 9.97 Å². The lowest BCUT2D eigenvalue weighted by Gasteiger charge is -2.22. The van der Waals surface area contributed by atoms with Gasteiger partial charge in [0.1, 0.15) is 11.6 Å². The van der Waals surface area contributed by atoms with E-state index in [4.69, 9.17) is 16.3 Å². The number of aromatic nitrogens is 2. The van der Waals surface area contributed by atoms with Crippen molar-refractivity contribution in [2.75, 3.05) is 36.3 Å². The van der Waals surface area contributed by atoms with Crippen LogP contribution in [-0.2, 0) is 4.74 Å². The lowest BCUT2D eigenvalue weighted by molar-refractivity contribution is 0.116. The number of nitrogen functional groups attached to an aromatic ring is 2. The third-order valence-corrected chi connectivity index (χ3v) is 2.77. The Bertz CT molecular complexity index is 379. The van der Waals surface area contributed by atoms with E-state index in [2.05, 4.69) is 15.4 Å². The topological polar surface area (TPSA) is 102 Å². The van der Waals surface area contributed by atoms with Gasteiger partial charge in [-0.3, -0.25) is 0 Å². The molecule has 1 unspecified atom stereocenters. The molecule has 1 fully saturated rings. The van der Waals surface area contributed by atoms with Gasteiger partial charge in [0.25, 0.3) is 0 Å². The molecule has 1 aromatic heterocycles. The minimum absolute atomic E-state index is 0.203. The summed E-state index contributed by atoms with van der Waals surface area (Å²) in [7, 11) is 1.95.